The van der Waals surface area contributed by atoms with E-state index in [0.717, 1.165) is 13.0 Å². The highest BCUT2D eigenvalue weighted by Crippen LogP contribution is 2.30. The maximum atomic E-state index is 3.65. The monoisotopic (exact) mass is 351 g/mol. The summed E-state index contributed by atoms with van der Waals surface area (Å²) in [4.78, 5) is 1.36. The Morgan fingerprint density at radius 3 is 2.30 bits per heavy atom. The molecule has 0 saturated heterocycles. The Bertz CT molecular complexity index is 530. The van der Waals surface area contributed by atoms with E-state index in [1.807, 2.05) is 0 Å². The van der Waals surface area contributed by atoms with Crippen LogP contribution in [0, 0.1) is 0 Å². The van der Waals surface area contributed by atoms with E-state index in [0.29, 0.717) is 12.0 Å². The van der Waals surface area contributed by atoms with Gasteiger partial charge in [-0.2, -0.15) is 0 Å². The molecule has 0 amide bonds. The molecule has 2 aromatic rings. The van der Waals surface area contributed by atoms with E-state index in [2.05, 4.69) is 77.7 Å². The molecule has 0 aliphatic rings. The van der Waals surface area contributed by atoms with Gasteiger partial charge in [0.05, 0.1) is 6.04 Å². The third-order valence-corrected chi connectivity index (χ3v) is 5.17. The van der Waals surface area contributed by atoms with Gasteiger partial charge in [0.15, 0.2) is 0 Å². The van der Waals surface area contributed by atoms with E-state index in [4.69, 9.17) is 0 Å². The van der Waals surface area contributed by atoms with Crippen LogP contribution in [0.2, 0.25) is 0 Å². The normalized spacial score (nSPS) is 12.8. The van der Waals surface area contributed by atoms with Crippen LogP contribution in [0.5, 0.6) is 0 Å². The average molecular weight is 352 g/mol. The smallest absolute Gasteiger partial charge is 0.0671 e. The van der Waals surface area contributed by atoms with Crippen molar-refractivity contribution >= 4 is 27.3 Å². The van der Waals surface area contributed by atoms with Crippen LogP contribution in [-0.2, 0) is 0 Å². The first-order valence-electron chi connectivity index (χ1n) is 7.19. The van der Waals surface area contributed by atoms with E-state index < -0.39 is 0 Å². The fourth-order valence-electron chi connectivity index (χ4n) is 2.22. The lowest BCUT2D eigenvalue weighted by Crippen LogP contribution is -2.22. The fraction of sp³-hybridized carbons (Fsp3) is 0.412. The first kappa shape index (κ1) is 15.7. The van der Waals surface area contributed by atoms with Gasteiger partial charge in [-0.3, -0.25) is 0 Å². The summed E-state index contributed by atoms with van der Waals surface area (Å²) in [6, 6.07) is 11.5. The van der Waals surface area contributed by atoms with Crippen molar-refractivity contribution in [2.45, 2.75) is 39.2 Å². The maximum Gasteiger partial charge on any atom is 0.0671 e. The van der Waals surface area contributed by atoms with Crippen LogP contribution >= 0.6 is 27.3 Å². The van der Waals surface area contributed by atoms with Gasteiger partial charge in [-0.25, -0.2) is 0 Å². The molecule has 1 aromatic heterocycles. The maximum absolute atomic E-state index is 3.65. The molecule has 0 radical (unpaired) electrons. The second-order valence-corrected chi connectivity index (χ2v) is 7.23. The van der Waals surface area contributed by atoms with Crippen LogP contribution in [0.1, 0.15) is 55.2 Å². The third kappa shape index (κ3) is 3.94. The summed E-state index contributed by atoms with van der Waals surface area (Å²) in [5, 5.41) is 5.80. The molecule has 1 aromatic carbocycles. The lowest BCUT2D eigenvalue weighted by atomic mass is 9.98. The highest BCUT2D eigenvalue weighted by Gasteiger charge is 2.15. The highest BCUT2D eigenvalue weighted by atomic mass is 79.9. The van der Waals surface area contributed by atoms with Crippen molar-refractivity contribution in [2.75, 3.05) is 6.54 Å². The topological polar surface area (TPSA) is 12.0 Å². The summed E-state index contributed by atoms with van der Waals surface area (Å²) in [6.45, 7) is 7.71. The molecule has 1 heterocycles. The molecule has 3 heteroatoms. The van der Waals surface area contributed by atoms with Crippen molar-refractivity contribution in [1.82, 2.24) is 5.32 Å². The first-order valence-corrected chi connectivity index (χ1v) is 8.86. The molecule has 0 spiro atoms. The second-order valence-electron chi connectivity index (χ2n) is 5.38. The van der Waals surface area contributed by atoms with Gasteiger partial charge in [-0.1, -0.05) is 45.0 Å². The van der Waals surface area contributed by atoms with Crippen LogP contribution in [-0.4, -0.2) is 6.54 Å². The number of thiophene rings is 1. The molecule has 1 nitrogen and oxygen atoms in total. The molecule has 0 bridgehead atoms. The Hall–Kier alpha value is -0.640. The number of hydrogen-bond donors (Lipinski definition) is 1. The van der Waals surface area contributed by atoms with E-state index in [1.165, 1.54) is 20.5 Å². The number of benzene rings is 1. The van der Waals surface area contributed by atoms with Crippen LogP contribution in [0.25, 0.3) is 0 Å². The van der Waals surface area contributed by atoms with Crippen molar-refractivity contribution in [2.24, 2.45) is 0 Å². The lowest BCUT2D eigenvalue weighted by Gasteiger charge is -2.18. The number of nitrogens with one attached hydrogen (secondary N) is 1. The lowest BCUT2D eigenvalue weighted by molar-refractivity contribution is 0.605. The minimum absolute atomic E-state index is 0.299. The van der Waals surface area contributed by atoms with Crippen molar-refractivity contribution in [3.63, 3.8) is 0 Å². The molecule has 0 fully saturated rings. The van der Waals surface area contributed by atoms with E-state index in [1.54, 1.807) is 11.3 Å². The summed E-state index contributed by atoms with van der Waals surface area (Å²) >= 11 is 5.36. The van der Waals surface area contributed by atoms with Gasteiger partial charge >= 0.3 is 0 Å². The van der Waals surface area contributed by atoms with Gasteiger partial charge in [-0.05, 0) is 52.0 Å². The molecule has 1 atom stereocenters. The number of hydrogen-bond acceptors (Lipinski definition) is 2. The molecule has 1 unspecified atom stereocenters. The minimum atomic E-state index is 0.299. The van der Waals surface area contributed by atoms with Gasteiger partial charge in [0.25, 0.3) is 0 Å². The summed E-state index contributed by atoms with van der Waals surface area (Å²) in [5.41, 5.74) is 2.74. The summed E-state index contributed by atoms with van der Waals surface area (Å²) < 4.78 is 1.17. The predicted octanol–water partition coefficient (Wildman–Crippen LogP) is 5.72. The zero-order valence-corrected chi connectivity index (χ0v) is 14.7. The van der Waals surface area contributed by atoms with Gasteiger partial charge in [0.1, 0.15) is 0 Å². The quantitative estimate of drug-likeness (QED) is 0.701. The fourth-order valence-corrected chi connectivity index (χ4v) is 3.77. The van der Waals surface area contributed by atoms with Gasteiger partial charge in [0, 0.05) is 14.7 Å². The van der Waals surface area contributed by atoms with E-state index in [9.17, 15) is 0 Å². The predicted molar refractivity (Wildman–Crippen MR) is 92.7 cm³/mol. The number of rotatable bonds is 6. The van der Waals surface area contributed by atoms with Crippen LogP contribution < -0.4 is 5.32 Å². The van der Waals surface area contributed by atoms with E-state index >= 15 is 0 Å². The van der Waals surface area contributed by atoms with Gasteiger partial charge in [0.2, 0.25) is 0 Å². The summed E-state index contributed by atoms with van der Waals surface area (Å²) in [7, 11) is 0. The standard InChI is InChI=1S/C17H22BrNS/c1-4-9-19-17(16-10-15(18)11-20-16)14-7-5-13(6-8-14)12(2)3/h5-8,10-12,17,19H,4,9H2,1-3H3. The molecule has 0 saturated carbocycles. The largest absolute Gasteiger partial charge is 0.306 e. The van der Waals surface area contributed by atoms with Crippen molar-refractivity contribution in [3.05, 3.63) is 56.2 Å². The zero-order valence-electron chi connectivity index (χ0n) is 12.3. The Balaban J connectivity index is 2.26. The van der Waals surface area contributed by atoms with Crippen molar-refractivity contribution in [3.8, 4) is 0 Å². The Morgan fingerprint density at radius 2 is 1.80 bits per heavy atom. The Morgan fingerprint density at radius 1 is 1.15 bits per heavy atom. The summed E-state index contributed by atoms with van der Waals surface area (Å²) in [5.74, 6) is 0.585. The summed E-state index contributed by atoms with van der Waals surface area (Å²) in [6.07, 6.45) is 1.15. The second kappa shape index (κ2) is 7.39. The van der Waals surface area contributed by atoms with Crippen LogP contribution in [0.4, 0.5) is 0 Å². The number of halogens is 1. The van der Waals surface area contributed by atoms with E-state index in [-0.39, 0.29) is 0 Å². The van der Waals surface area contributed by atoms with Gasteiger partial charge < -0.3 is 5.32 Å². The van der Waals surface area contributed by atoms with Crippen molar-refractivity contribution in [1.29, 1.82) is 0 Å². The minimum Gasteiger partial charge on any atom is -0.306 e. The molecular formula is C17H22BrNS. The third-order valence-electron chi connectivity index (χ3n) is 3.41. The molecule has 0 aliphatic carbocycles. The van der Waals surface area contributed by atoms with Gasteiger partial charge in [-0.15, -0.1) is 11.3 Å². The Labute approximate surface area is 134 Å². The molecule has 20 heavy (non-hydrogen) atoms. The Kier molecular flexibility index (Phi) is 5.82. The molecular weight excluding hydrogens is 330 g/mol. The highest BCUT2D eigenvalue weighted by molar-refractivity contribution is 9.10. The van der Waals surface area contributed by atoms with Crippen LogP contribution in [0.15, 0.2) is 40.2 Å². The SMILES string of the molecule is CCCNC(c1ccc(C(C)C)cc1)c1cc(Br)cs1. The molecule has 2 rings (SSSR count). The van der Waals surface area contributed by atoms with Crippen molar-refractivity contribution < 1.29 is 0 Å². The van der Waals surface area contributed by atoms with Crippen LogP contribution in [0.3, 0.4) is 0 Å². The molecule has 0 aliphatic heterocycles. The average Bonchev–Trinajstić information content (AvgIpc) is 2.86. The molecule has 1 N–H and O–H groups in total. The zero-order chi connectivity index (χ0) is 14.5. The first-order chi connectivity index (χ1) is 9.61. The molecule has 108 valence electrons.